The third-order valence-electron chi connectivity index (χ3n) is 2.18. The van der Waals surface area contributed by atoms with Gasteiger partial charge in [0.1, 0.15) is 5.75 Å². The van der Waals surface area contributed by atoms with Gasteiger partial charge >= 0.3 is 5.97 Å². The minimum absolute atomic E-state index is 0.244. The fourth-order valence-electron chi connectivity index (χ4n) is 1.28. The van der Waals surface area contributed by atoms with Crippen LogP contribution in [0.3, 0.4) is 0 Å². The van der Waals surface area contributed by atoms with Gasteiger partial charge in [-0.05, 0) is 37.0 Å². The molecule has 2 N–H and O–H groups in total. The molecule has 0 aromatic heterocycles. The summed E-state index contributed by atoms with van der Waals surface area (Å²) in [7, 11) is 0. The summed E-state index contributed by atoms with van der Waals surface area (Å²) in [6, 6.07) is 6.92. The summed E-state index contributed by atoms with van der Waals surface area (Å²) in [5.41, 5.74) is 1.33. The lowest BCUT2D eigenvalue weighted by molar-refractivity contribution is -0.132. The van der Waals surface area contributed by atoms with Crippen LogP contribution in [0.15, 0.2) is 36.4 Å². The first kappa shape index (κ1) is 11.3. The van der Waals surface area contributed by atoms with Crippen LogP contribution in [0.2, 0.25) is 0 Å². The van der Waals surface area contributed by atoms with Gasteiger partial charge in [0.15, 0.2) is 0 Å². The van der Waals surface area contributed by atoms with Gasteiger partial charge in [-0.2, -0.15) is 0 Å². The number of phenolic OH excluding ortho intramolecular Hbond substituents is 1. The molecule has 0 spiro atoms. The van der Waals surface area contributed by atoms with Crippen LogP contribution in [0, 0.1) is 0 Å². The smallest absolute Gasteiger partial charge is 0.330 e. The fraction of sp³-hybridized carbons (Fsp3) is 0.250. The number of aromatic hydroxyl groups is 1. The zero-order chi connectivity index (χ0) is 11.3. The summed E-state index contributed by atoms with van der Waals surface area (Å²) >= 11 is 0. The van der Waals surface area contributed by atoms with Crippen molar-refractivity contribution in [3.63, 3.8) is 0 Å². The molecule has 3 heteroatoms. The van der Waals surface area contributed by atoms with E-state index in [9.17, 15) is 4.79 Å². The van der Waals surface area contributed by atoms with Crippen molar-refractivity contribution in [2.45, 2.75) is 19.3 Å². The predicted molar refractivity (Wildman–Crippen MR) is 57.8 cm³/mol. The number of carboxylic acids is 1. The van der Waals surface area contributed by atoms with E-state index in [4.69, 9.17) is 10.2 Å². The number of phenols is 1. The maximum atomic E-state index is 10.5. The molecule has 0 saturated carbocycles. The Morgan fingerprint density at radius 1 is 1.27 bits per heavy atom. The van der Waals surface area contributed by atoms with Crippen LogP contribution in [0.4, 0.5) is 0 Å². The summed E-state index contributed by atoms with van der Waals surface area (Å²) in [6.07, 6.45) is 2.05. The van der Waals surface area contributed by atoms with Crippen molar-refractivity contribution >= 4 is 5.97 Å². The zero-order valence-corrected chi connectivity index (χ0v) is 8.44. The molecule has 1 aromatic rings. The van der Waals surface area contributed by atoms with E-state index in [-0.39, 0.29) is 11.3 Å². The highest BCUT2D eigenvalue weighted by molar-refractivity contribution is 5.85. The minimum Gasteiger partial charge on any atom is -0.508 e. The molecular weight excluding hydrogens is 192 g/mol. The number of carbonyl (C=O) groups is 1. The van der Waals surface area contributed by atoms with Gasteiger partial charge in [-0.1, -0.05) is 18.7 Å². The van der Waals surface area contributed by atoms with E-state index in [0.717, 1.165) is 18.4 Å². The van der Waals surface area contributed by atoms with Gasteiger partial charge in [0.2, 0.25) is 0 Å². The molecule has 1 rings (SSSR count). The third kappa shape index (κ3) is 3.85. The Morgan fingerprint density at radius 3 is 2.40 bits per heavy atom. The van der Waals surface area contributed by atoms with E-state index in [0.29, 0.717) is 6.42 Å². The lowest BCUT2D eigenvalue weighted by atomic mass is 10.1. The molecule has 0 aliphatic carbocycles. The Balaban J connectivity index is 2.35. The number of hydrogen-bond donors (Lipinski definition) is 2. The molecule has 0 radical (unpaired) electrons. The monoisotopic (exact) mass is 206 g/mol. The molecule has 0 aliphatic rings. The predicted octanol–water partition coefficient (Wildman–Crippen LogP) is 2.36. The average Bonchev–Trinajstić information content (AvgIpc) is 2.20. The number of carboxylic acid groups (broad SMARTS) is 1. The largest absolute Gasteiger partial charge is 0.508 e. The molecule has 0 atom stereocenters. The van der Waals surface area contributed by atoms with E-state index < -0.39 is 5.97 Å². The molecule has 3 nitrogen and oxygen atoms in total. The van der Waals surface area contributed by atoms with Gasteiger partial charge in [0, 0.05) is 5.57 Å². The Labute approximate surface area is 88.7 Å². The Kier molecular flexibility index (Phi) is 3.92. The SMILES string of the molecule is C=C(CCCc1ccc(O)cc1)C(=O)O. The average molecular weight is 206 g/mol. The lowest BCUT2D eigenvalue weighted by Gasteiger charge is -2.01. The summed E-state index contributed by atoms with van der Waals surface area (Å²) < 4.78 is 0. The van der Waals surface area contributed by atoms with Gasteiger partial charge in [-0.25, -0.2) is 4.79 Å². The number of hydrogen-bond acceptors (Lipinski definition) is 2. The normalized spacial score (nSPS) is 9.87. The summed E-state index contributed by atoms with van der Waals surface area (Å²) in [5.74, 6) is -0.686. The molecule has 0 unspecified atom stereocenters. The van der Waals surface area contributed by atoms with E-state index in [1.807, 2.05) is 12.1 Å². The lowest BCUT2D eigenvalue weighted by Crippen LogP contribution is -1.99. The number of rotatable bonds is 5. The molecule has 0 bridgehead atoms. The van der Waals surface area contributed by atoms with Crippen molar-refractivity contribution in [3.8, 4) is 5.75 Å². The van der Waals surface area contributed by atoms with Crippen LogP contribution in [-0.4, -0.2) is 16.2 Å². The van der Waals surface area contributed by atoms with Crippen molar-refractivity contribution < 1.29 is 15.0 Å². The highest BCUT2D eigenvalue weighted by Crippen LogP contribution is 2.13. The van der Waals surface area contributed by atoms with Gasteiger partial charge in [0.25, 0.3) is 0 Å². The van der Waals surface area contributed by atoms with Crippen molar-refractivity contribution in [1.82, 2.24) is 0 Å². The standard InChI is InChI=1S/C12H14O3/c1-9(12(14)15)3-2-4-10-5-7-11(13)8-6-10/h5-8,13H,1-4H2,(H,14,15). The van der Waals surface area contributed by atoms with Crippen LogP contribution < -0.4 is 0 Å². The van der Waals surface area contributed by atoms with Crippen LogP contribution >= 0.6 is 0 Å². The maximum Gasteiger partial charge on any atom is 0.330 e. The first-order valence-electron chi connectivity index (χ1n) is 4.78. The molecule has 0 saturated heterocycles. The van der Waals surface area contributed by atoms with Crippen LogP contribution in [0.5, 0.6) is 5.75 Å². The number of benzene rings is 1. The fourth-order valence-corrected chi connectivity index (χ4v) is 1.28. The molecule has 0 amide bonds. The molecule has 80 valence electrons. The molecule has 0 heterocycles. The maximum absolute atomic E-state index is 10.5. The second-order valence-electron chi connectivity index (χ2n) is 3.43. The second-order valence-corrected chi connectivity index (χ2v) is 3.43. The molecule has 15 heavy (non-hydrogen) atoms. The van der Waals surface area contributed by atoms with E-state index in [2.05, 4.69) is 6.58 Å². The Hall–Kier alpha value is -1.77. The van der Waals surface area contributed by atoms with Gasteiger partial charge in [-0.15, -0.1) is 0 Å². The topological polar surface area (TPSA) is 57.5 Å². The van der Waals surface area contributed by atoms with Crippen molar-refractivity contribution in [3.05, 3.63) is 42.0 Å². The number of aryl methyl sites for hydroxylation is 1. The summed E-state index contributed by atoms with van der Waals surface area (Å²) in [5, 5.41) is 17.6. The molecule has 1 aromatic carbocycles. The molecule has 0 aliphatic heterocycles. The van der Waals surface area contributed by atoms with E-state index >= 15 is 0 Å². The van der Waals surface area contributed by atoms with Crippen LogP contribution in [0.25, 0.3) is 0 Å². The highest BCUT2D eigenvalue weighted by atomic mass is 16.4. The highest BCUT2D eigenvalue weighted by Gasteiger charge is 2.03. The molecular formula is C12H14O3. The Bertz CT molecular complexity index is 352. The minimum atomic E-state index is -0.930. The molecule has 0 fully saturated rings. The van der Waals surface area contributed by atoms with Gasteiger partial charge in [0.05, 0.1) is 0 Å². The second kappa shape index (κ2) is 5.20. The first-order chi connectivity index (χ1) is 7.09. The van der Waals surface area contributed by atoms with Crippen molar-refractivity contribution in [1.29, 1.82) is 0 Å². The summed E-state index contributed by atoms with van der Waals surface area (Å²) in [4.78, 5) is 10.5. The first-order valence-corrected chi connectivity index (χ1v) is 4.78. The zero-order valence-electron chi connectivity index (χ0n) is 8.44. The van der Waals surface area contributed by atoms with Gasteiger partial charge in [-0.3, -0.25) is 0 Å². The summed E-state index contributed by atoms with van der Waals surface area (Å²) in [6.45, 7) is 3.46. The van der Waals surface area contributed by atoms with Crippen molar-refractivity contribution in [2.75, 3.05) is 0 Å². The van der Waals surface area contributed by atoms with Crippen LogP contribution in [0.1, 0.15) is 18.4 Å². The van der Waals surface area contributed by atoms with E-state index in [1.54, 1.807) is 12.1 Å². The quantitative estimate of drug-likeness (QED) is 0.727. The van der Waals surface area contributed by atoms with E-state index in [1.165, 1.54) is 0 Å². The van der Waals surface area contributed by atoms with Crippen molar-refractivity contribution in [2.24, 2.45) is 0 Å². The third-order valence-corrected chi connectivity index (χ3v) is 2.18. The van der Waals surface area contributed by atoms with Gasteiger partial charge < -0.3 is 10.2 Å². The Morgan fingerprint density at radius 2 is 1.87 bits per heavy atom. The number of aliphatic carboxylic acids is 1. The van der Waals surface area contributed by atoms with Crippen LogP contribution in [-0.2, 0) is 11.2 Å².